The van der Waals surface area contributed by atoms with E-state index in [1.165, 1.54) is 0 Å². The van der Waals surface area contributed by atoms with Gasteiger partial charge in [0.2, 0.25) is 0 Å². The molecule has 6 aliphatic rings. The molecular weight excluding hydrogens is 702 g/mol. The average Bonchev–Trinajstić information content (AvgIpc) is 3.64. The molecular formula is C33H59N7O13. The van der Waals surface area contributed by atoms with Crippen molar-refractivity contribution in [1.29, 1.82) is 0 Å². The van der Waals surface area contributed by atoms with E-state index in [4.69, 9.17) is 62.8 Å². The van der Waals surface area contributed by atoms with Gasteiger partial charge in [0, 0.05) is 44.1 Å². The van der Waals surface area contributed by atoms with Crippen molar-refractivity contribution in [1.82, 2.24) is 5.32 Å². The lowest BCUT2D eigenvalue weighted by Gasteiger charge is -2.46. The van der Waals surface area contributed by atoms with Crippen LogP contribution in [0.25, 0.3) is 0 Å². The van der Waals surface area contributed by atoms with Gasteiger partial charge in [-0.3, -0.25) is 4.79 Å². The average molecular weight is 762 g/mol. The number of aliphatic hydroxyl groups excluding tert-OH is 5. The minimum Gasteiger partial charge on any atom is -0.394 e. The van der Waals surface area contributed by atoms with Crippen molar-refractivity contribution < 1.29 is 63.9 Å². The largest absolute Gasteiger partial charge is 0.394 e. The third-order valence-corrected chi connectivity index (χ3v) is 11.6. The summed E-state index contributed by atoms with van der Waals surface area (Å²) >= 11 is 0. The molecule has 0 bridgehead atoms. The second-order valence-corrected chi connectivity index (χ2v) is 15.6. The van der Waals surface area contributed by atoms with Gasteiger partial charge < -0.3 is 98.8 Å². The van der Waals surface area contributed by atoms with Gasteiger partial charge in [0.15, 0.2) is 24.7 Å². The monoisotopic (exact) mass is 761 g/mol. The van der Waals surface area contributed by atoms with Crippen molar-refractivity contribution in [2.45, 2.75) is 148 Å². The van der Waals surface area contributed by atoms with Crippen LogP contribution in [-0.2, 0) is 33.2 Å². The molecule has 53 heavy (non-hydrogen) atoms. The molecule has 3 aliphatic carbocycles. The number of nitrogens with two attached hydrogens (primary N) is 6. The third-order valence-electron chi connectivity index (χ3n) is 11.6. The lowest BCUT2D eigenvalue weighted by Crippen LogP contribution is -2.64. The highest BCUT2D eigenvalue weighted by atomic mass is 16.8. The Labute approximate surface area is 307 Å². The van der Waals surface area contributed by atoms with Gasteiger partial charge in [-0.2, -0.15) is 0 Å². The smallest absolute Gasteiger partial charge is 0.187 e. The summed E-state index contributed by atoms with van der Waals surface area (Å²) in [4.78, 5) is 13.1. The lowest BCUT2D eigenvalue weighted by molar-refractivity contribution is -0.286. The number of hydrogen-bond donors (Lipinski definition) is 13. The maximum Gasteiger partial charge on any atom is 0.187 e. The molecule has 6 rings (SSSR count). The van der Waals surface area contributed by atoms with E-state index in [1.54, 1.807) is 6.08 Å². The van der Waals surface area contributed by atoms with Gasteiger partial charge in [-0.05, 0) is 37.6 Å². The van der Waals surface area contributed by atoms with Crippen LogP contribution in [0.2, 0.25) is 0 Å². The summed E-state index contributed by atoms with van der Waals surface area (Å²) in [5, 5.41) is 68.1. The third kappa shape index (κ3) is 8.81. The molecule has 3 aliphatic heterocycles. The number of ketones is 1. The molecule has 20 heteroatoms. The first-order valence-corrected chi connectivity index (χ1v) is 18.5. The fraction of sp³-hybridized carbons (Fsp3) is 0.909. The molecule has 3 heterocycles. The van der Waals surface area contributed by atoms with Crippen LogP contribution < -0.4 is 39.7 Å². The molecule has 19 atom stereocenters. The molecule has 3 saturated carbocycles. The Kier molecular flexibility index (Phi) is 13.3. The van der Waals surface area contributed by atoms with Gasteiger partial charge in [0.25, 0.3) is 0 Å². The molecule has 19 N–H and O–H groups in total. The van der Waals surface area contributed by atoms with Gasteiger partial charge >= 0.3 is 0 Å². The SMILES string of the molecule is NC[C@@H]1O[C@H](O[C@H]2[C@@H](O)[C@H](O[C@@H]3[C@@H](O)[C@H](CC(=O)C4(O)CC4N)C[C@H](N)[C@H]3O[C@H]3O[C@H](CNCC4CC(N)C4)C=C[C@H]3N)O[C@@H]2CO)[C@H](N)[C@@H](O)[C@@H]1O. The molecule has 5 fully saturated rings. The Balaban J connectivity index is 1.16. The van der Waals surface area contributed by atoms with Crippen LogP contribution in [0.1, 0.15) is 32.1 Å². The molecule has 20 nitrogen and oxygen atoms in total. The summed E-state index contributed by atoms with van der Waals surface area (Å²) in [6.45, 7) is 0.436. The second kappa shape index (κ2) is 17.0. The Morgan fingerprint density at radius 2 is 1.45 bits per heavy atom. The topological polar surface area (TPSA) is 362 Å². The van der Waals surface area contributed by atoms with Crippen molar-refractivity contribution in [2.75, 3.05) is 26.2 Å². The van der Waals surface area contributed by atoms with Crippen molar-refractivity contribution in [3.63, 3.8) is 0 Å². The van der Waals surface area contributed by atoms with E-state index in [0.717, 1.165) is 19.4 Å². The molecule has 0 amide bonds. The highest BCUT2D eigenvalue weighted by molar-refractivity contribution is 5.91. The van der Waals surface area contributed by atoms with Crippen LogP contribution in [0, 0.1) is 11.8 Å². The number of ether oxygens (including phenoxy) is 6. The molecule has 0 spiro atoms. The van der Waals surface area contributed by atoms with E-state index in [2.05, 4.69) is 5.32 Å². The summed E-state index contributed by atoms with van der Waals surface area (Å²) in [5.41, 5.74) is 34.8. The van der Waals surface area contributed by atoms with Crippen LogP contribution in [0.5, 0.6) is 0 Å². The minimum absolute atomic E-state index is 0.0849. The number of nitrogens with one attached hydrogen (secondary N) is 1. The summed E-state index contributed by atoms with van der Waals surface area (Å²) in [5.74, 6) is -0.856. The summed E-state index contributed by atoms with van der Waals surface area (Å²) < 4.78 is 36.2. The van der Waals surface area contributed by atoms with Gasteiger partial charge in [-0.1, -0.05) is 12.2 Å². The van der Waals surface area contributed by atoms with Crippen molar-refractivity contribution in [3.05, 3.63) is 12.2 Å². The first kappa shape index (κ1) is 41.3. The van der Waals surface area contributed by atoms with Crippen LogP contribution in [-0.4, -0.2) is 178 Å². The number of Topliss-reactive ketones (excluding diaryl/α,β-unsaturated/α-hetero) is 1. The predicted molar refractivity (Wildman–Crippen MR) is 183 cm³/mol. The fourth-order valence-electron chi connectivity index (χ4n) is 8.02. The minimum atomic E-state index is -1.69. The zero-order valence-electron chi connectivity index (χ0n) is 29.6. The Morgan fingerprint density at radius 1 is 0.792 bits per heavy atom. The Hall–Kier alpha value is -1.35. The van der Waals surface area contributed by atoms with Crippen LogP contribution >= 0.6 is 0 Å². The van der Waals surface area contributed by atoms with E-state index in [1.807, 2.05) is 6.08 Å². The Bertz CT molecular complexity index is 1270. The van der Waals surface area contributed by atoms with E-state index in [0.29, 0.717) is 12.5 Å². The van der Waals surface area contributed by atoms with E-state index < -0.39 is 128 Å². The zero-order chi connectivity index (χ0) is 38.4. The molecule has 0 aromatic heterocycles. The highest BCUT2D eigenvalue weighted by Crippen LogP contribution is 2.41. The van der Waals surface area contributed by atoms with E-state index >= 15 is 0 Å². The van der Waals surface area contributed by atoms with E-state index in [9.17, 15) is 35.4 Å². The van der Waals surface area contributed by atoms with Gasteiger partial charge in [0.1, 0.15) is 54.4 Å². The molecule has 2 unspecified atom stereocenters. The van der Waals surface area contributed by atoms with Gasteiger partial charge in [-0.15, -0.1) is 0 Å². The normalized spacial score (nSPS) is 51.2. The van der Waals surface area contributed by atoms with Gasteiger partial charge in [-0.25, -0.2) is 0 Å². The number of carbonyl (C=O) groups is 1. The predicted octanol–water partition coefficient (Wildman–Crippen LogP) is -6.98. The summed E-state index contributed by atoms with van der Waals surface area (Å²) in [6.07, 6.45) is -10.9. The van der Waals surface area contributed by atoms with Crippen LogP contribution in [0.15, 0.2) is 12.2 Å². The number of rotatable bonds is 15. The summed E-state index contributed by atoms with van der Waals surface area (Å²) in [7, 11) is 0. The lowest BCUT2D eigenvalue weighted by atomic mass is 9.76. The molecule has 304 valence electrons. The van der Waals surface area contributed by atoms with Crippen LogP contribution in [0.4, 0.5) is 0 Å². The van der Waals surface area contributed by atoms with Gasteiger partial charge in [0.05, 0.1) is 30.9 Å². The molecule has 2 saturated heterocycles. The number of hydrogen-bond acceptors (Lipinski definition) is 20. The summed E-state index contributed by atoms with van der Waals surface area (Å²) in [6, 6.07) is -3.31. The number of carbonyl (C=O) groups excluding carboxylic acids is 1. The second-order valence-electron chi connectivity index (χ2n) is 15.6. The van der Waals surface area contributed by atoms with Crippen molar-refractivity contribution in [2.24, 2.45) is 46.2 Å². The van der Waals surface area contributed by atoms with Crippen molar-refractivity contribution in [3.8, 4) is 0 Å². The van der Waals surface area contributed by atoms with E-state index in [-0.39, 0.29) is 31.8 Å². The highest BCUT2D eigenvalue weighted by Gasteiger charge is 2.59. The number of aliphatic hydroxyl groups is 6. The maximum atomic E-state index is 13.1. The van der Waals surface area contributed by atoms with Crippen molar-refractivity contribution >= 4 is 5.78 Å². The maximum absolute atomic E-state index is 13.1. The first-order valence-electron chi connectivity index (χ1n) is 18.5. The zero-order valence-corrected chi connectivity index (χ0v) is 29.6. The Morgan fingerprint density at radius 3 is 2.09 bits per heavy atom. The molecule has 0 radical (unpaired) electrons. The molecule has 0 aromatic rings. The fourth-order valence-corrected chi connectivity index (χ4v) is 8.02. The first-order chi connectivity index (χ1) is 25.1. The van der Waals surface area contributed by atoms with Crippen LogP contribution in [0.3, 0.4) is 0 Å². The molecule has 0 aromatic carbocycles. The quantitative estimate of drug-likeness (QED) is 0.0689. The standard InChI is InChI=1S/C33H59N7O13/c34-8-18-24(44)25(45)22(39)31(49-18)52-28-19(11-41)50-32(26(28)46)53-29-23(43)13(6-21(42)33(47)7-20(33)38)5-17(37)27(29)51-30-16(36)2-1-15(48-30)10-40-9-12-3-14(35)4-12/h1-2,12-20,22-32,40-41,43-47H,3-11,34-39H2/t12?,13-,14?,15-,16+,17-,18-,19+,20?,22+,23-,24+,25+,26+,27+,28+,29+,30+,31+,32-,33?/m0/s1.